The molecule has 0 radical (unpaired) electrons. The van der Waals surface area contributed by atoms with Gasteiger partial charge in [0.25, 0.3) is 0 Å². The van der Waals surface area contributed by atoms with Crippen molar-refractivity contribution in [3.63, 3.8) is 0 Å². The van der Waals surface area contributed by atoms with Crippen LogP contribution >= 0.6 is 0 Å². The zero-order chi connectivity index (χ0) is 45.8. The molecule has 0 saturated carbocycles. The average Bonchev–Trinajstić information content (AvgIpc) is 4.15. The van der Waals surface area contributed by atoms with E-state index in [4.69, 9.17) is 19.4 Å². The summed E-state index contributed by atoms with van der Waals surface area (Å²) < 4.78 is 9.63. The fraction of sp³-hybridized carbons (Fsp3) is 0.440. The standard InChI is InChI=1S/C50H61N9O6/c1-31(2)43(55-48(62)64-5)46(60)58-22-12-20-38(58)26-42-51-27-39(53-42)33-14-10-16-35(24-33)50(29-57(30-50)37-18-8-7-9-19-37)36-17-11-15-34(25-36)40-28-52-45(54-40)41-21-13-23-59(41)47(61)44(32(3)4)56-49(63)65-6/h7-11,14-19,24-25,27-28,31-32,38,41,43-44H,12-13,20-23,26,29-30H2,1-6H3,(H,51,53)(H,52,54)(H,55,62)(H,56,63)/t38?,41-,43-,44-/m0/s1. The number of ether oxygens (including phenoxy) is 2. The number of hydrogen-bond donors (Lipinski definition) is 4. The number of alkyl carbamates (subject to hydrolysis) is 2. The lowest BCUT2D eigenvalue weighted by molar-refractivity contribution is -0.136. The van der Waals surface area contributed by atoms with E-state index in [1.165, 1.54) is 31.0 Å². The molecule has 5 heterocycles. The number of nitrogens with one attached hydrogen (secondary N) is 4. The minimum atomic E-state index is -0.709. The molecule has 3 aliphatic heterocycles. The van der Waals surface area contributed by atoms with E-state index in [-0.39, 0.29) is 41.1 Å². The number of aromatic amines is 2. The molecule has 15 nitrogen and oxygen atoms in total. The lowest BCUT2D eigenvalue weighted by Gasteiger charge is -2.52. The van der Waals surface area contributed by atoms with Gasteiger partial charge in [0.1, 0.15) is 23.7 Å². The van der Waals surface area contributed by atoms with E-state index in [0.717, 1.165) is 72.9 Å². The average molecular weight is 884 g/mol. The molecule has 4 amide bonds. The number of imidazole rings is 2. The van der Waals surface area contributed by atoms with Crippen LogP contribution in [0.25, 0.3) is 22.5 Å². The first-order valence-corrected chi connectivity index (χ1v) is 22.8. The van der Waals surface area contributed by atoms with Crippen LogP contribution in [0.4, 0.5) is 15.3 Å². The van der Waals surface area contributed by atoms with Gasteiger partial charge >= 0.3 is 12.2 Å². The van der Waals surface area contributed by atoms with E-state index in [9.17, 15) is 19.2 Å². The Kier molecular flexibility index (Phi) is 13.3. The van der Waals surface area contributed by atoms with Gasteiger partial charge in [0.05, 0.1) is 49.5 Å². The van der Waals surface area contributed by atoms with Crippen molar-refractivity contribution in [3.8, 4) is 22.5 Å². The van der Waals surface area contributed by atoms with Crippen LogP contribution < -0.4 is 15.5 Å². The summed E-state index contributed by atoms with van der Waals surface area (Å²) in [6.07, 6.45) is 6.41. The zero-order valence-electron chi connectivity index (χ0n) is 38.2. The number of nitrogens with zero attached hydrogens (tertiary/aromatic N) is 5. The van der Waals surface area contributed by atoms with Crippen molar-refractivity contribution in [2.24, 2.45) is 11.8 Å². The Morgan fingerprint density at radius 2 is 1.26 bits per heavy atom. The van der Waals surface area contributed by atoms with Gasteiger partial charge in [-0.3, -0.25) is 9.59 Å². The molecular weight excluding hydrogens is 823 g/mol. The zero-order valence-corrected chi connectivity index (χ0v) is 38.2. The minimum Gasteiger partial charge on any atom is -0.453 e. The van der Waals surface area contributed by atoms with Crippen molar-refractivity contribution < 1.29 is 28.7 Å². The van der Waals surface area contributed by atoms with Gasteiger partial charge in [-0.25, -0.2) is 19.6 Å². The predicted molar refractivity (Wildman–Crippen MR) is 248 cm³/mol. The number of H-pyrrole nitrogens is 2. The van der Waals surface area contributed by atoms with E-state index in [2.05, 4.69) is 98.3 Å². The van der Waals surface area contributed by atoms with Crippen LogP contribution in [0.3, 0.4) is 0 Å². The normalized spacial score (nSPS) is 18.9. The topological polar surface area (TPSA) is 178 Å². The number of benzene rings is 3. The summed E-state index contributed by atoms with van der Waals surface area (Å²) in [5, 5.41) is 5.47. The van der Waals surface area contributed by atoms with Crippen LogP contribution in [-0.2, 0) is 30.9 Å². The molecule has 0 bridgehead atoms. The molecule has 15 heteroatoms. The monoisotopic (exact) mass is 883 g/mol. The molecule has 0 spiro atoms. The Balaban J connectivity index is 1.04. The van der Waals surface area contributed by atoms with Crippen LogP contribution in [0.2, 0.25) is 0 Å². The van der Waals surface area contributed by atoms with Crippen molar-refractivity contribution in [3.05, 3.63) is 114 Å². The Hall–Kier alpha value is -6.64. The highest BCUT2D eigenvalue weighted by molar-refractivity contribution is 5.87. The van der Waals surface area contributed by atoms with E-state index in [0.29, 0.717) is 19.5 Å². The van der Waals surface area contributed by atoms with Gasteiger partial charge < -0.3 is 44.8 Å². The van der Waals surface area contributed by atoms with Gasteiger partial charge in [0.15, 0.2) is 0 Å². The molecule has 3 aromatic carbocycles. The Morgan fingerprint density at radius 3 is 1.86 bits per heavy atom. The number of carbonyl (C=O) groups excluding carboxylic acids is 4. The fourth-order valence-electron chi connectivity index (χ4n) is 9.83. The maximum absolute atomic E-state index is 13.8. The predicted octanol–water partition coefficient (Wildman–Crippen LogP) is 7.23. The molecular formula is C50H61N9O6. The van der Waals surface area contributed by atoms with Crippen molar-refractivity contribution in [2.45, 2.75) is 89.4 Å². The lowest BCUT2D eigenvalue weighted by Crippen LogP contribution is -2.60. The fourth-order valence-corrected chi connectivity index (χ4v) is 9.83. The molecule has 5 aromatic rings. The maximum atomic E-state index is 13.8. The summed E-state index contributed by atoms with van der Waals surface area (Å²) in [5.74, 6) is 1.06. The van der Waals surface area contributed by atoms with Crippen LogP contribution in [0.1, 0.15) is 82.2 Å². The second-order valence-corrected chi connectivity index (χ2v) is 18.3. The summed E-state index contributed by atoms with van der Waals surface area (Å²) in [6.45, 7) is 10.4. The number of para-hydroxylation sites is 1. The number of anilines is 1. The van der Waals surface area contributed by atoms with Crippen LogP contribution in [0.5, 0.6) is 0 Å². The first-order chi connectivity index (χ1) is 31.4. The molecule has 4 atom stereocenters. The Labute approximate surface area is 380 Å². The van der Waals surface area contributed by atoms with Gasteiger partial charge in [-0.15, -0.1) is 0 Å². The Bertz CT molecular complexity index is 2480. The van der Waals surface area contributed by atoms with Crippen LogP contribution in [-0.4, -0.2) is 112 Å². The number of rotatable bonds is 14. The summed E-state index contributed by atoms with van der Waals surface area (Å²) in [6, 6.07) is 26.2. The van der Waals surface area contributed by atoms with Crippen molar-refractivity contribution in [2.75, 3.05) is 45.3 Å². The smallest absolute Gasteiger partial charge is 0.407 e. The van der Waals surface area contributed by atoms with Gasteiger partial charge in [-0.2, -0.15) is 0 Å². The molecule has 65 heavy (non-hydrogen) atoms. The largest absolute Gasteiger partial charge is 0.453 e. The third kappa shape index (κ3) is 9.32. The number of hydrogen-bond acceptors (Lipinski definition) is 9. The van der Waals surface area contributed by atoms with E-state index < -0.39 is 24.3 Å². The second kappa shape index (κ2) is 19.2. The van der Waals surface area contributed by atoms with Gasteiger partial charge in [-0.1, -0.05) is 82.3 Å². The van der Waals surface area contributed by atoms with Gasteiger partial charge in [0.2, 0.25) is 11.8 Å². The summed E-state index contributed by atoms with van der Waals surface area (Å²) >= 11 is 0. The van der Waals surface area contributed by atoms with Gasteiger partial charge in [0, 0.05) is 44.3 Å². The molecule has 3 fully saturated rings. The lowest BCUT2D eigenvalue weighted by atomic mass is 9.67. The van der Waals surface area contributed by atoms with Crippen molar-refractivity contribution in [1.29, 1.82) is 0 Å². The third-order valence-electron chi connectivity index (χ3n) is 13.4. The highest BCUT2D eigenvalue weighted by atomic mass is 16.5. The molecule has 1 unspecified atom stereocenters. The van der Waals surface area contributed by atoms with Gasteiger partial charge in [-0.05, 0) is 84.0 Å². The summed E-state index contributed by atoms with van der Waals surface area (Å²) in [4.78, 5) is 74.7. The molecule has 3 saturated heterocycles. The summed E-state index contributed by atoms with van der Waals surface area (Å²) in [7, 11) is 2.60. The SMILES string of the molecule is COC(=O)N[C@H](C(=O)N1CCCC1Cc1ncc(-c2cccc(C3(c4cccc(-c5cnc([C@@H]6CCCN6C(=O)[C@@H](NC(=O)OC)C(C)C)[nH]5)c4)CN(c4ccccc4)C3)c2)[nH]1)C(C)C. The van der Waals surface area contributed by atoms with Crippen LogP contribution in [0.15, 0.2) is 91.3 Å². The Morgan fingerprint density at radius 1 is 0.708 bits per heavy atom. The third-order valence-corrected chi connectivity index (χ3v) is 13.4. The molecule has 342 valence electrons. The highest BCUT2D eigenvalue weighted by Gasteiger charge is 2.46. The number of amides is 4. The van der Waals surface area contributed by atoms with E-state index >= 15 is 0 Å². The van der Waals surface area contributed by atoms with E-state index in [1.54, 1.807) is 0 Å². The highest BCUT2D eigenvalue weighted by Crippen LogP contribution is 2.45. The summed E-state index contributed by atoms with van der Waals surface area (Å²) in [5.41, 5.74) is 6.98. The molecule has 4 N–H and O–H groups in total. The quantitative estimate of drug-likeness (QED) is 0.0896. The number of methoxy groups -OCH3 is 2. The minimum absolute atomic E-state index is 0.0406. The molecule has 0 aliphatic carbocycles. The van der Waals surface area contributed by atoms with E-state index in [1.807, 2.05) is 56.0 Å². The number of likely N-dealkylation sites (tertiary alicyclic amines) is 2. The molecule has 3 aliphatic rings. The van der Waals surface area contributed by atoms with Crippen LogP contribution in [0, 0.1) is 11.8 Å². The number of carbonyl (C=O) groups is 4. The first-order valence-electron chi connectivity index (χ1n) is 22.8. The first kappa shape index (κ1) is 44.9. The molecule has 8 rings (SSSR count). The van der Waals surface area contributed by atoms with Crippen molar-refractivity contribution in [1.82, 2.24) is 40.4 Å². The molecule has 2 aromatic heterocycles. The van der Waals surface area contributed by atoms with Crippen molar-refractivity contribution >= 4 is 29.7 Å². The number of aromatic nitrogens is 4. The maximum Gasteiger partial charge on any atom is 0.407 e. The second-order valence-electron chi connectivity index (χ2n) is 18.3.